The second kappa shape index (κ2) is 9.90. The fraction of sp³-hybridized carbons (Fsp3) is 0.480. The van der Waals surface area contributed by atoms with Gasteiger partial charge in [0.05, 0.1) is 5.41 Å². The second-order valence-electron chi connectivity index (χ2n) is 8.75. The minimum absolute atomic E-state index is 0.188. The van der Waals surface area contributed by atoms with Crippen molar-refractivity contribution in [3.05, 3.63) is 71.5 Å². The van der Waals surface area contributed by atoms with Gasteiger partial charge in [-0.1, -0.05) is 42.5 Å². The molecule has 1 amide bonds. The predicted octanol–water partition coefficient (Wildman–Crippen LogP) is 3.72. The highest BCUT2D eigenvalue weighted by Crippen LogP contribution is 2.36. The molecule has 2 heterocycles. The molecular formula is C25H32FN3O2. The molecule has 2 fully saturated rings. The van der Waals surface area contributed by atoms with Crippen LogP contribution in [-0.2, 0) is 14.9 Å². The fourth-order valence-electron chi connectivity index (χ4n) is 4.87. The maximum Gasteiger partial charge on any atom is 0.233 e. The smallest absolute Gasteiger partial charge is 0.233 e. The molecule has 2 aromatic carbocycles. The summed E-state index contributed by atoms with van der Waals surface area (Å²) in [5.74, 6) is -0.0135. The Hall–Kier alpha value is -2.28. The van der Waals surface area contributed by atoms with Crippen LogP contribution in [0.4, 0.5) is 4.39 Å². The number of carbonyl (C=O) groups excluding carboxylic acids is 1. The summed E-state index contributed by atoms with van der Waals surface area (Å²) in [6, 6.07) is 17.4. The van der Waals surface area contributed by atoms with E-state index in [2.05, 4.69) is 23.0 Å². The van der Waals surface area contributed by atoms with Gasteiger partial charge in [-0.3, -0.25) is 15.6 Å². The first-order chi connectivity index (χ1) is 15.1. The summed E-state index contributed by atoms with van der Waals surface area (Å²) in [4.78, 5) is 15.4. The van der Waals surface area contributed by atoms with Crippen molar-refractivity contribution in [1.29, 1.82) is 0 Å². The molecule has 0 radical (unpaired) electrons. The molecule has 31 heavy (non-hydrogen) atoms. The van der Waals surface area contributed by atoms with Crippen LogP contribution in [0.2, 0.25) is 0 Å². The highest BCUT2D eigenvalue weighted by Gasteiger charge is 2.43. The van der Waals surface area contributed by atoms with Crippen LogP contribution in [0.1, 0.15) is 49.3 Å². The van der Waals surface area contributed by atoms with Gasteiger partial charge in [-0.2, -0.15) is 0 Å². The zero-order valence-corrected chi connectivity index (χ0v) is 18.1. The van der Waals surface area contributed by atoms with E-state index in [0.717, 1.165) is 49.8 Å². The molecule has 2 saturated heterocycles. The number of rotatable bonds is 7. The zero-order chi connectivity index (χ0) is 21.7. The number of benzene rings is 2. The van der Waals surface area contributed by atoms with E-state index in [9.17, 15) is 9.18 Å². The predicted molar refractivity (Wildman–Crippen MR) is 119 cm³/mol. The number of nitrogens with zero attached hydrogens (tertiary/aromatic N) is 1. The first kappa shape index (κ1) is 21.9. The Labute approximate surface area is 183 Å². The Morgan fingerprint density at radius 3 is 2.52 bits per heavy atom. The first-order valence-electron chi connectivity index (χ1n) is 11.2. The molecule has 5 nitrogen and oxygen atoms in total. The third-order valence-electron chi connectivity index (χ3n) is 6.73. The van der Waals surface area contributed by atoms with Crippen LogP contribution in [0.3, 0.4) is 0 Å². The van der Waals surface area contributed by atoms with Gasteiger partial charge in [-0.25, -0.2) is 4.39 Å². The topological polar surface area (TPSA) is 53.6 Å². The monoisotopic (exact) mass is 425 g/mol. The highest BCUT2D eigenvalue weighted by atomic mass is 19.1. The van der Waals surface area contributed by atoms with Gasteiger partial charge < -0.3 is 9.64 Å². The number of hydrazine groups is 1. The molecule has 0 aliphatic carbocycles. The quantitative estimate of drug-likeness (QED) is 0.710. The Bertz CT molecular complexity index is 853. The number of likely N-dealkylation sites (N-methyl/N-ethyl adjacent to an activating group) is 1. The van der Waals surface area contributed by atoms with Crippen LogP contribution in [-0.4, -0.2) is 43.7 Å². The van der Waals surface area contributed by atoms with Gasteiger partial charge in [0.25, 0.3) is 0 Å². The lowest BCUT2D eigenvalue weighted by molar-refractivity contribution is -0.140. The van der Waals surface area contributed by atoms with Crippen molar-refractivity contribution in [2.45, 2.75) is 49.6 Å². The zero-order valence-electron chi connectivity index (χ0n) is 18.1. The Balaban J connectivity index is 1.30. The molecule has 2 unspecified atom stereocenters. The lowest BCUT2D eigenvalue weighted by Gasteiger charge is -2.39. The molecule has 6 heteroatoms. The summed E-state index contributed by atoms with van der Waals surface area (Å²) < 4.78 is 18.7. The van der Waals surface area contributed by atoms with Gasteiger partial charge in [-0.15, -0.1) is 0 Å². The molecule has 0 bridgehead atoms. The maximum atomic E-state index is 13.5. The minimum atomic E-state index is -0.477. The lowest BCUT2D eigenvalue weighted by Crippen LogP contribution is -2.49. The number of ether oxygens (including phenoxy) is 1. The summed E-state index contributed by atoms with van der Waals surface area (Å²) >= 11 is 0. The molecule has 0 aromatic heterocycles. The summed E-state index contributed by atoms with van der Waals surface area (Å²) in [6.45, 7) is 1.97. The van der Waals surface area contributed by atoms with Crippen molar-refractivity contribution < 1.29 is 13.9 Å². The summed E-state index contributed by atoms with van der Waals surface area (Å²) in [7, 11) is 1.92. The molecule has 4 rings (SSSR count). The standard InChI is InChI=1S/C25H32FN3O2/c1-29(24(30)25(13-16-31-17-14-25)20-6-3-2-4-7-20)15-5-8-22-18-23(28-27-22)19-9-11-21(26)12-10-19/h2-4,6-7,9-12,22-23,27-28H,5,8,13-18H2,1H3. The van der Waals surface area contributed by atoms with Crippen LogP contribution in [0.15, 0.2) is 54.6 Å². The van der Waals surface area contributed by atoms with Crippen molar-refractivity contribution in [3.8, 4) is 0 Å². The Morgan fingerprint density at radius 1 is 1.10 bits per heavy atom. The maximum absolute atomic E-state index is 13.5. The molecule has 2 aliphatic rings. The van der Waals surface area contributed by atoms with Gasteiger partial charge in [-0.05, 0) is 55.4 Å². The van der Waals surface area contributed by atoms with Crippen molar-refractivity contribution in [3.63, 3.8) is 0 Å². The van der Waals surface area contributed by atoms with E-state index in [1.54, 1.807) is 0 Å². The number of hydrogen-bond donors (Lipinski definition) is 2. The van der Waals surface area contributed by atoms with Gasteiger partial charge in [0.15, 0.2) is 0 Å². The van der Waals surface area contributed by atoms with Gasteiger partial charge >= 0.3 is 0 Å². The molecule has 2 aromatic rings. The molecule has 2 aliphatic heterocycles. The number of nitrogens with one attached hydrogen (secondary N) is 2. The van der Waals surface area contributed by atoms with Crippen LogP contribution >= 0.6 is 0 Å². The summed E-state index contributed by atoms with van der Waals surface area (Å²) in [6.07, 6.45) is 4.32. The molecule has 2 N–H and O–H groups in total. The van der Waals surface area contributed by atoms with Crippen molar-refractivity contribution in [2.75, 3.05) is 26.8 Å². The van der Waals surface area contributed by atoms with E-state index >= 15 is 0 Å². The number of halogens is 1. The van der Waals surface area contributed by atoms with Crippen LogP contribution in [0.25, 0.3) is 0 Å². The van der Waals surface area contributed by atoms with Gasteiger partial charge in [0.2, 0.25) is 5.91 Å². The largest absolute Gasteiger partial charge is 0.381 e. The average Bonchev–Trinajstić information content (AvgIpc) is 3.29. The molecule has 0 saturated carbocycles. The average molecular weight is 426 g/mol. The Kier molecular flexibility index (Phi) is 7.00. The lowest BCUT2D eigenvalue weighted by atomic mass is 9.73. The third kappa shape index (κ3) is 4.97. The SMILES string of the molecule is CN(CCCC1CC(c2ccc(F)cc2)NN1)C(=O)C1(c2ccccc2)CCOCC1. The van der Waals surface area contributed by atoms with E-state index < -0.39 is 5.41 Å². The van der Waals surface area contributed by atoms with Crippen molar-refractivity contribution in [1.82, 2.24) is 15.8 Å². The van der Waals surface area contributed by atoms with E-state index in [1.807, 2.05) is 42.3 Å². The van der Waals surface area contributed by atoms with E-state index in [4.69, 9.17) is 4.74 Å². The summed E-state index contributed by atoms with van der Waals surface area (Å²) in [5, 5.41) is 0. The van der Waals surface area contributed by atoms with Gasteiger partial charge in [0.1, 0.15) is 5.82 Å². The highest BCUT2D eigenvalue weighted by molar-refractivity contribution is 5.88. The van der Waals surface area contributed by atoms with E-state index in [1.165, 1.54) is 12.1 Å². The van der Waals surface area contributed by atoms with Crippen LogP contribution in [0.5, 0.6) is 0 Å². The van der Waals surface area contributed by atoms with Crippen LogP contribution < -0.4 is 10.9 Å². The number of amides is 1. The third-order valence-corrected chi connectivity index (χ3v) is 6.73. The Morgan fingerprint density at radius 2 is 1.81 bits per heavy atom. The van der Waals surface area contributed by atoms with Crippen molar-refractivity contribution >= 4 is 5.91 Å². The van der Waals surface area contributed by atoms with Crippen LogP contribution in [0, 0.1) is 5.82 Å². The molecule has 2 atom stereocenters. The van der Waals surface area contributed by atoms with E-state index in [0.29, 0.717) is 19.3 Å². The fourth-order valence-corrected chi connectivity index (χ4v) is 4.87. The number of carbonyl (C=O) groups is 1. The molecular weight excluding hydrogens is 393 g/mol. The normalized spacial score (nSPS) is 22.9. The van der Waals surface area contributed by atoms with Gasteiger partial charge in [0, 0.05) is 38.9 Å². The molecule has 0 spiro atoms. The van der Waals surface area contributed by atoms with E-state index in [-0.39, 0.29) is 17.8 Å². The minimum Gasteiger partial charge on any atom is -0.381 e. The first-order valence-corrected chi connectivity index (χ1v) is 11.2. The van der Waals surface area contributed by atoms with Crippen molar-refractivity contribution in [2.24, 2.45) is 0 Å². The molecule has 166 valence electrons. The second-order valence-corrected chi connectivity index (χ2v) is 8.75. The summed E-state index contributed by atoms with van der Waals surface area (Å²) in [5.41, 5.74) is 8.38. The number of hydrogen-bond acceptors (Lipinski definition) is 4.